The van der Waals surface area contributed by atoms with Crippen LogP contribution in [0.25, 0.3) is 0 Å². The van der Waals surface area contributed by atoms with Crippen molar-refractivity contribution in [1.29, 1.82) is 0 Å². The minimum Gasteiger partial charge on any atom is -0.327 e. The summed E-state index contributed by atoms with van der Waals surface area (Å²) in [7, 11) is 0. The zero-order valence-electron chi connectivity index (χ0n) is 7.01. The summed E-state index contributed by atoms with van der Waals surface area (Å²) < 4.78 is 1.18. The van der Waals surface area contributed by atoms with Crippen molar-refractivity contribution in [2.45, 2.75) is 19.5 Å². The van der Waals surface area contributed by atoms with Crippen LogP contribution in [-0.4, -0.2) is 12.6 Å². The van der Waals surface area contributed by atoms with E-state index in [0.717, 1.165) is 13.1 Å². The maximum atomic E-state index is 5.59. The molecule has 1 aromatic rings. The van der Waals surface area contributed by atoms with E-state index in [1.54, 1.807) is 11.3 Å². The van der Waals surface area contributed by atoms with E-state index in [4.69, 9.17) is 5.73 Å². The average Bonchev–Trinajstić information content (AvgIpc) is 2.35. The first-order valence-corrected chi connectivity index (χ1v) is 5.50. The predicted molar refractivity (Wildman–Crippen MR) is 57.4 cm³/mol. The van der Waals surface area contributed by atoms with E-state index in [2.05, 4.69) is 33.4 Å². The third kappa shape index (κ3) is 3.67. The topological polar surface area (TPSA) is 38.0 Å². The summed E-state index contributed by atoms with van der Waals surface area (Å²) in [5.41, 5.74) is 5.59. The van der Waals surface area contributed by atoms with Gasteiger partial charge in [-0.25, -0.2) is 0 Å². The maximum absolute atomic E-state index is 5.59. The van der Waals surface area contributed by atoms with Crippen molar-refractivity contribution >= 4 is 27.3 Å². The molecule has 1 unspecified atom stereocenters. The molecule has 1 aromatic heterocycles. The first-order valence-electron chi connectivity index (χ1n) is 3.89. The number of nitrogens with one attached hydrogen (secondary N) is 1. The fraction of sp³-hybridized carbons (Fsp3) is 0.500. The number of rotatable bonds is 4. The second kappa shape index (κ2) is 4.97. The molecule has 0 spiro atoms. The third-order valence-electron chi connectivity index (χ3n) is 1.39. The summed E-state index contributed by atoms with van der Waals surface area (Å²) in [5.74, 6) is 0. The van der Waals surface area contributed by atoms with Crippen LogP contribution in [0.1, 0.15) is 11.8 Å². The molecule has 0 aliphatic heterocycles. The molecule has 0 aromatic carbocycles. The zero-order chi connectivity index (χ0) is 8.97. The number of thiophene rings is 1. The normalized spacial score (nSPS) is 13.2. The van der Waals surface area contributed by atoms with Crippen LogP contribution in [0, 0.1) is 0 Å². The molecule has 0 aliphatic carbocycles. The van der Waals surface area contributed by atoms with Crippen molar-refractivity contribution in [2.24, 2.45) is 5.73 Å². The fourth-order valence-corrected chi connectivity index (χ4v) is 2.32. The molecule has 0 radical (unpaired) electrons. The van der Waals surface area contributed by atoms with E-state index in [0.29, 0.717) is 0 Å². The monoisotopic (exact) mass is 248 g/mol. The van der Waals surface area contributed by atoms with Crippen molar-refractivity contribution in [3.8, 4) is 0 Å². The van der Waals surface area contributed by atoms with Crippen LogP contribution in [0.2, 0.25) is 0 Å². The highest BCUT2D eigenvalue weighted by Gasteiger charge is 1.97. The quantitative estimate of drug-likeness (QED) is 0.855. The van der Waals surface area contributed by atoms with Crippen LogP contribution < -0.4 is 11.1 Å². The first-order chi connectivity index (χ1) is 5.68. The second-order valence-electron chi connectivity index (χ2n) is 2.81. The molecule has 1 rings (SSSR count). The van der Waals surface area contributed by atoms with E-state index >= 15 is 0 Å². The number of nitrogens with two attached hydrogens (primary N) is 1. The van der Waals surface area contributed by atoms with Crippen molar-refractivity contribution in [1.82, 2.24) is 5.32 Å². The summed E-state index contributed by atoms with van der Waals surface area (Å²) in [6.07, 6.45) is 0. The van der Waals surface area contributed by atoms with Gasteiger partial charge in [-0.05, 0) is 35.0 Å². The molecule has 4 heteroatoms. The minimum atomic E-state index is 0.230. The molecule has 0 fully saturated rings. The van der Waals surface area contributed by atoms with E-state index < -0.39 is 0 Å². The molecule has 68 valence electrons. The van der Waals surface area contributed by atoms with Gasteiger partial charge in [0.25, 0.3) is 0 Å². The smallest absolute Gasteiger partial charge is 0.0701 e. The van der Waals surface area contributed by atoms with Gasteiger partial charge in [-0.3, -0.25) is 0 Å². The standard InChI is InChI=1S/C8H13BrN2S/c1-6(10)4-11-5-7-2-3-8(9)12-7/h2-3,6,11H,4-5,10H2,1H3. The summed E-state index contributed by atoms with van der Waals surface area (Å²) in [4.78, 5) is 1.34. The Kier molecular flexibility index (Phi) is 4.21. The highest BCUT2D eigenvalue weighted by atomic mass is 79.9. The Balaban J connectivity index is 2.24. The van der Waals surface area contributed by atoms with Gasteiger partial charge in [0.1, 0.15) is 0 Å². The van der Waals surface area contributed by atoms with Crippen LogP contribution in [0.4, 0.5) is 0 Å². The summed E-state index contributed by atoms with van der Waals surface area (Å²) in [6, 6.07) is 4.41. The highest BCUT2D eigenvalue weighted by Crippen LogP contribution is 2.21. The Morgan fingerprint density at radius 1 is 1.67 bits per heavy atom. The number of hydrogen-bond acceptors (Lipinski definition) is 3. The van der Waals surface area contributed by atoms with E-state index in [-0.39, 0.29) is 6.04 Å². The van der Waals surface area contributed by atoms with Crippen LogP contribution in [-0.2, 0) is 6.54 Å². The van der Waals surface area contributed by atoms with Gasteiger partial charge in [0.05, 0.1) is 3.79 Å². The van der Waals surface area contributed by atoms with Gasteiger partial charge in [-0.1, -0.05) is 0 Å². The molecule has 2 nitrogen and oxygen atoms in total. The fourth-order valence-electron chi connectivity index (χ4n) is 0.870. The van der Waals surface area contributed by atoms with E-state index in [1.807, 2.05) is 6.92 Å². The predicted octanol–water partition coefficient (Wildman–Crippen LogP) is 1.95. The highest BCUT2D eigenvalue weighted by molar-refractivity contribution is 9.11. The van der Waals surface area contributed by atoms with Crippen LogP contribution in [0.15, 0.2) is 15.9 Å². The van der Waals surface area contributed by atoms with Crippen molar-refractivity contribution < 1.29 is 0 Å². The van der Waals surface area contributed by atoms with Crippen LogP contribution in [0.3, 0.4) is 0 Å². The summed E-state index contributed by atoms with van der Waals surface area (Å²) >= 11 is 5.17. The number of halogens is 1. The van der Waals surface area contributed by atoms with Crippen LogP contribution >= 0.6 is 27.3 Å². The van der Waals surface area contributed by atoms with Crippen molar-refractivity contribution in [3.63, 3.8) is 0 Å². The Hall–Kier alpha value is 0.1000. The summed E-state index contributed by atoms with van der Waals surface area (Å²) in [6.45, 7) is 3.78. The SMILES string of the molecule is CC(N)CNCc1ccc(Br)s1. The Morgan fingerprint density at radius 3 is 2.92 bits per heavy atom. The lowest BCUT2D eigenvalue weighted by atomic mass is 10.3. The average molecular weight is 249 g/mol. The molecule has 0 bridgehead atoms. The Bertz CT molecular complexity index is 235. The van der Waals surface area contributed by atoms with Crippen molar-refractivity contribution in [2.75, 3.05) is 6.54 Å². The Labute approximate surface area is 85.3 Å². The molecule has 0 aliphatic rings. The molecule has 0 saturated heterocycles. The molecule has 0 amide bonds. The van der Waals surface area contributed by atoms with Gasteiger partial charge in [-0.15, -0.1) is 11.3 Å². The molecule has 0 saturated carbocycles. The van der Waals surface area contributed by atoms with Crippen LogP contribution in [0.5, 0.6) is 0 Å². The molecule has 1 heterocycles. The number of hydrogen-bond donors (Lipinski definition) is 2. The first kappa shape index (κ1) is 10.2. The van der Waals surface area contributed by atoms with Crippen molar-refractivity contribution in [3.05, 3.63) is 20.8 Å². The zero-order valence-corrected chi connectivity index (χ0v) is 9.41. The van der Waals surface area contributed by atoms with Gasteiger partial charge >= 0.3 is 0 Å². The third-order valence-corrected chi connectivity index (χ3v) is 3.02. The molecular formula is C8H13BrN2S. The lowest BCUT2D eigenvalue weighted by molar-refractivity contribution is 0.612. The largest absolute Gasteiger partial charge is 0.327 e. The second-order valence-corrected chi connectivity index (χ2v) is 5.36. The maximum Gasteiger partial charge on any atom is 0.0701 e. The Morgan fingerprint density at radius 2 is 2.42 bits per heavy atom. The molecule has 12 heavy (non-hydrogen) atoms. The van der Waals surface area contributed by atoms with Gasteiger partial charge in [0.2, 0.25) is 0 Å². The summed E-state index contributed by atoms with van der Waals surface area (Å²) in [5, 5.41) is 3.28. The van der Waals surface area contributed by atoms with Gasteiger partial charge in [0.15, 0.2) is 0 Å². The van der Waals surface area contributed by atoms with Gasteiger partial charge < -0.3 is 11.1 Å². The minimum absolute atomic E-state index is 0.230. The van der Waals surface area contributed by atoms with Gasteiger partial charge in [0, 0.05) is 24.0 Å². The van der Waals surface area contributed by atoms with E-state index in [1.165, 1.54) is 8.66 Å². The lowest BCUT2D eigenvalue weighted by Gasteiger charge is -2.05. The molecular weight excluding hydrogens is 236 g/mol. The molecule has 3 N–H and O–H groups in total. The van der Waals surface area contributed by atoms with Gasteiger partial charge in [-0.2, -0.15) is 0 Å². The van der Waals surface area contributed by atoms with E-state index in [9.17, 15) is 0 Å². The lowest BCUT2D eigenvalue weighted by Crippen LogP contribution is -2.30. The molecule has 1 atom stereocenters.